The number of benzene rings is 1. The smallest absolute Gasteiger partial charge is 0.472 e. The maximum atomic E-state index is 6.18. The fourth-order valence-corrected chi connectivity index (χ4v) is 2.62. The molecule has 0 bridgehead atoms. The standard InChI is InChI=1S/C19H27BN2O3/c1-14(2)22-12-16(20-24-18(3,4)19(5,6)25-20)17(21-22)23-13-15-10-8-7-9-11-15/h7-12,14H,13H2,1-6H3. The fraction of sp³-hybridized carbons (Fsp3) is 0.526. The zero-order valence-corrected chi connectivity index (χ0v) is 15.9. The van der Waals surface area contributed by atoms with Crippen LogP contribution in [0.5, 0.6) is 5.88 Å². The SMILES string of the molecule is CC(C)n1cc(B2OC(C)(C)C(C)(C)O2)c(OCc2ccccc2)n1. The summed E-state index contributed by atoms with van der Waals surface area (Å²) in [6.07, 6.45) is 1.97. The minimum atomic E-state index is -0.483. The van der Waals surface area contributed by atoms with E-state index in [9.17, 15) is 0 Å². The van der Waals surface area contributed by atoms with E-state index in [1.54, 1.807) is 0 Å². The van der Waals surface area contributed by atoms with E-state index in [-0.39, 0.29) is 6.04 Å². The predicted molar refractivity (Wildman–Crippen MR) is 99.1 cm³/mol. The first-order chi connectivity index (χ1) is 11.7. The molecule has 2 heterocycles. The molecule has 0 atom stereocenters. The Morgan fingerprint density at radius 1 is 1.08 bits per heavy atom. The monoisotopic (exact) mass is 342 g/mol. The molecule has 1 aliphatic heterocycles. The maximum Gasteiger partial charge on any atom is 0.502 e. The van der Waals surface area contributed by atoms with Crippen molar-refractivity contribution in [2.45, 2.75) is 65.4 Å². The largest absolute Gasteiger partial charge is 0.502 e. The lowest BCUT2D eigenvalue weighted by atomic mass is 9.81. The Balaban J connectivity index is 1.85. The lowest BCUT2D eigenvalue weighted by molar-refractivity contribution is 0.00578. The summed E-state index contributed by atoms with van der Waals surface area (Å²) in [6, 6.07) is 10.3. The molecule has 0 amide bonds. The van der Waals surface area contributed by atoms with E-state index >= 15 is 0 Å². The van der Waals surface area contributed by atoms with Crippen molar-refractivity contribution in [2.24, 2.45) is 0 Å². The Labute approximate surface area is 150 Å². The third kappa shape index (κ3) is 3.60. The van der Waals surface area contributed by atoms with E-state index in [1.807, 2.05) is 68.9 Å². The molecule has 5 nitrogen and oxygen atoms in total. The topological polar surface area (TPSA) is 45.5 Å². The molecule has 0 unspecified atom stereocenters. The lowest BCUT2D eigenvalue weighted by Gasteiger charge is -2.32. The first-order valence-corrected chi connectivity index (χ1v) is 8.81. The molecule has 1 saturated heterocycles. The molecule has 0 aliphatic carbocycles. The molecule has 6 heteroatoms. The summed E-state index contributed by atoms with van der Waals surface area (Å²) in [5.74, 6) is 0.566. The van der Waals surface area contributed by atoms with Crippen LogP contribution in [-0.2, 0) is 15.9 Å². The zero-order valence-electron chi connectivity index (χ0n) is 15.9. The summed E-state index contributed by atoms with van der Waals surface area (Å²) in [5, 5.41) is 4.60. The highest BCUT2D eigenvalue weighted by Gasteiger charge is 2.53. The van der Waals surface area contributed by atoms with Gasteiger partial charge >= 0.3 is 7.12 Å². The lowest BCUT2D eigenvalue weighted by Crippen LogP contribution is -2.41. The zero-order chi connectivity index (χ0) is 18.2. The predicted octanol–water partition coefficient (Wildman–Crippen LogP) is 3.34. The van der Waals surface area contributed by atoms with Gasteiger partial charge in [-0.3, -0.25) is 4.68 Å². The fourth-order valence-electron chi connectivity index (χ4n) is 2.62. The van der Waals surface area contributed by atoms with Gasteiger partial charge in [0.25, 0.3) is 0 Å². The van der Waals surface area contributed by atoms with Gasteiger partial charge < -0.3 is 14.0 Å². The highest BCUT2D eigenvalue weighted by molar-refractivity contribution is 6.63. The van der Waals surface area contributed by atoms with Gasteiger partial charge in [0.05, 0.1) is 16.7 Å². The number of hydrogen-bond donors (Lipinski definition) is 0. The quantitative estimate of drug-likeness (QED) is 0.782. The van der Waals surface area contributed by atoms with Gasteiger partial charge in [0.2, 0.25) is 5.88 Å². The molecule has 3 rings (SSSR count). The van der Waals surface area contributed by atoms with Crippen molar-refractivity contribution >= 4 is 12.6 Å². The summed E-state index contributed by atoms with van der Waals surface area (Å²) >= 11 is 0. The Bertz CT molecular complexity index is 710. The average Bonchev–Trinajstić information content (AvgIpc) is 3.05. The first-order valence-electron chi connectivity index (χ1n) is 8.81. The van der Waals surface area contributed by atoms with Crippen LogP contribution in [0.15, 0.2) is 36.5 Å². The van der Waals surface area contributed by atoms with Crippen LogP contribution >= 0.6 is 0 Å². The van der Waals surface area contributed by atoms with Gasteiger partial charge in [-0.25, -0.2) is 0 Å². The number of hydrogen-bond acceptors (Lipinski definition) is 4. The molecule has 134 valence electrons. The van der Waals surface area contributed by atoms with Crippen molar-refractivity contribution in [3.63, 3.8) is 0 Å². The van der Waals surface area contributed by atoms with Gasteiger partial charge in [0.1, 0.15) is 6.61 Å². The normalized spacial score (nSPS) is 18.8. The Morgan fingerprint density at radius 3 is 2.24 bits per heavy atom. The van der Waals surface area contributed by atoms with E-state index < -0.39 is 18.3 Å². The van der Waals surface area contributed by atoms with E-state index in [4.69, 9.17) is 14.0 Å². The molecular weight excluding hydrogens is 315 g/mol. The minimum absolute atomic E-state index is 0.232. The van der Waals surface area contributed by atoms with E-state index in [0.29, 0.717) is 12.5 Å². The molecule has 1 aliphatic rings. The van der Waals surface area contributed by atoms with Crippen LogP contribution < -0.4 is 10.2 Å². The van der Waals surface area contributed by atoms with Crippen LogP contribution in [0.2, 0.25) is 0 Å². The molecule has 1 fully saturated rings. The van der Waals surface area contributed by atoms with Gasteiger partial charge in [-0.15, -0.1) is 5.10 Å². The molecule has 0 saturated carbocycles. The molecule has 1 aromatic carbocycles. The van der Waals surface area contributed by atoms with Crippen LogP contribution in [0.3, 0.4) is 0 Å². The van der Waals surface area contributed by atoms with E-state index in [0.717, 1.165) is 11.0 Å². The van der Waals surface area contributed by atoms with Crippen molar-refractivity contribution < 1.29 is 14.0 Å². The summed E-state index contributed by atoms with van der Waals surface area (Å²) in [5.41, 5.74) is 1.15. The summed E-state index contributed by atoms with van der Waals surface area (Å²) in [4.78, 5) is 0. The highest BCUT2D eigenvalue weighted by Crippen LogP contribution is 2.37. The van der Waals surface area contributed by atoms with Gasteiger partial charge in [0.15, 0.2) is 0 Å². The van der Waals surface area contributed by atoms with E-state index in [2.05, 4.69) is 18.9 Å². The Kier molecular flexibility index (Phi) is 4.69. The van der Waals surface area contributed by atoms with Crippen molar-refractivity contribution in [1.29, 1.82) is 0 Å². The van der Waals surface area contributed by atoms with Gasteiger partial charge in [-0.1, -0.05) is 30.3 Å². The van der Waals surface area contributed by atoms with Crippen LogP contribution in [-0.4, -0.2) is 28.1 Å². The summed E-state index contributed by atoms with van der Waals surface area (Å²) in [7, 11) is -0.483. The third-order valence-electron chi connectivity index (χ3n) is 4.98. The highest BCUT2D eigenvalue weighted by atomic mass is 16.7. The Morgan fingerprint density at radius 2 is 1.68 bits per heavy atom. The van der Waals surface area contributed by atoms with Crippen LogP contribution in [0.1, 0.15) is 53.1 Å². The molecule has 25 heavy (non-hydrogen) atoms. The second kappa shape index (κ2) is 6.50. The van der Waals surface area contributed by atoms with Gasteiger partial charge in [-0.05, 0) is 47.1 Å². The van der Waals surface area contributed by atoms with Crippen molar-refractivity contribution in [1.82, 2.24) is 9.78 Å². The summed E-state index contributed by atoms with van der Waals surface area (Å²) < 4.78 is 20.3. The van der Waals surface area contributed by atoms with Crippen LogP contribution in [0.25, 0.3) is 0 Å². The molecule has 0 radical (unpaired) electrons. The molecule has 0 N–H and O–H groups in total. The second-order valence-electron chi connectivity index (χ2n) is 7.83. The van der Waals surface area contributed by atoms with Crippen molar-refractivity contribution in [3.05, 3.63) is 42.1 Å². The third-order valence-corrected chi connectivity index (χ3v) is 4.98. The summed E-state index contributed by atoms with van der Waals surface area (Å²) in [6.45, 7) is 12.8. The number of rotatable bonds is 5. The number of aromatic nitrogens is 2. The maximum absolute atomic E-state index is 6.18. The molecule has 2 aromatic rings. The molecular formula is C19H27BN2O3. The minimum Gasteiger partial charge on any atom is -0.472 e. The number of ether oxygens (including phenoxy) is 1. The Hall–Kier alpha value is -1.79. The van der Waals surface area contributed by atoms with Crippen LogP contribution in [0, 0.1) is 0 Å². The first kappa shape index (κ1) is 18.0. The molecule has 0 spiro atoms. The molecule has 1 aromatic heterocycles. The second-order valence-corrected chi connectivity index (χ2v) is 7.83. The van der Waals surface area contributed by atoms with Gasteiger partial charge in [-0.2, -0.15) is 0 Å². The van der Waals surface area contributed by atoms with Crippen molar-refractivity contribution in [3.8, 4) is 5.88 Å². The van der Waals surface area contributed by atoms with E-state index in [1.165, 1.54) is 0 Å². The van der Waals surface area contributed by atoms with Crippen LogP contribution in [0.4, 0.5) is 0 Å². The van der Waals surface area contributed by atoms with Crippen molar-refractivity contribution in [2.75, 3.05) is 0 Å². The number of nitrogens with zero attached hydrogens (tertiary/aromatic N) is 2. The average molecular weight is 342 g/mol. The van der Waals surface area contributed by atoms with Gasteiger partial charge in [0, 0.05) is 12.2 Å².